The molecule has 9 heavy (non-hydrogen) atoms. The molecule has 0 bridgehead atoms. The molecule has 0 heterocycles. The first-order valence-corrected chi connectivity index (χ1v) is 3.51. The average molecular weight is 123 g/mol. The van der Waals surface area contributed by atoms with Crippen molar-refractivity contribution >= 4 is 0 Å². The summed E-state index contributed by atoms with van der Waals surface area (Å²) in [4.78, 5) is 0. The summed E-state index contributed by atoms with van der Waals surface area (Å²) >= 11 is 0. The molecule has 0 spiro atoms. The fourth-order valence-corrected chi connectivity index (χ4v) is 0.556. The monoisotopic (exact) mass is 123 g/mol. The third-order valence-corrected chi connectivity index (χ3v) is 1.01. The number of allylic oxidation sites excluding steroid dienone is 4. The van der Waals surface area contributed by atoms with Crippen LogP contribution in [0.3, 0.4) is 0 Å². The van der Waals surface area contributed by atoms with Crippen LogP contribution in [0.25, 0.3) is 0 Å². The van der Waals surface area contributed by atoms with E-state index in [0.717, 1.165) is 19.3 Å². The molecule has 0 fully saturated rings. The van der Waals surface area contributed by atoms with Crippen molar-refractivity contribution in [1.29, 1.82) is 0 Å². The topological polar surface area (TPSA) is 0 Å². The molecule has 0 aliphatic rings. The van der Waals surface area contributed by atoms with E-state index in [4.69, 9.17) is 0 Å². The van der Waals surface area contributed by atoms with Crippen LogP contribution < -0.4 is 0 Å². The molecule has 0 aromatic heterocycles. The zero-order valence-electron chi connectivity index (χ0n) is 6.14. The van der Waals surface area contributed by atoms with Crippen molar-refractivity contribution in [3.63, 3.8) is 0 Å². The van der Waals surface area contributed by atoms with Crippen LogP contribution in [0.1, 0.15) is 26.2 Å². The van der Waals surface area contributed by atoms with Gasteiger partial charge in [-0.25, -0.2) is 0 Å². The van der Waals surface area contributed by atoms with E-state index in [1.54, 1.807) is 0 Å². The first-order chi connectivity index (χ1) is 4.41. The third kappa shape index (κ3) is 7.48. The minimum absolute atomic E-state index is 0.903. The Balaban J connectivity index is 3.08. The van der Waals surface area contributed by atoms with Crippen molar-refractivity contribution in [3.05, 3.63) is 31.2 Å². The molecule has 0 atom stereocenters. The van der Waals surface area contributed by atoms with Gasteiger partial charge in [0, 0.05) is 0 Å². The predicted molar refractivity (Wildman–Crippen MR) is 43.2 cm³/mol. The molecule has 0 aromatic rings. The zero-order chi connectivity index (χ0) is 6.95. The Morgan fingerprint density at radius 1 is 1.11 bits per heavy atom. The molecule has 0 amide bonds. The summed E-state index contributed by atoms with van der Waals surface area (Å²) in [6.07, 6.45) is 11.7. The largest absolute Gasteiger partial charge is 0.0885 e. The van der Waals surface area contributed by atoms with Crippen molar-refractivity contribution in [3.8, 4) is 0 Å². The Kier molecular flexibility index (Phi) is 7.05. The van der Waals surface area contributed by atoms with Crippen molar-refractivity contribution in [2.24, 2.45) is 0 Å². The van der Waals surface area contributed by atoms with Crippen molar-refractivity contribution < 1.29 is 0 Å². The van der Waals surface area contributed by atoms with Gasteiger partial charge in [-0.3, -0.25) is 0 Å². The van der Waals surface area contributed by atoms with Gasteiger partial charge < -0.3 is 0 Å². The molecule has 0 aliphatic heterocycles. The highest BCUT2D eigenvalue weighted by atomic mass is 13.7. The number of rotatable bonds is 4. The van der Waals surface area contributed by atoms with Crippen LogP contribution in [0.4, 0.5) is 0 Å². The molecule has 51 valence electrons. The minimum atomic E-state index is 0.903. The van der Waals surface area contributed by atoms with Gasteiger partial charge in [-0.2, -0.15) is 0 Å². The van der Waals surface area contributed by atoms with E-state index in [2.05, 4.69) is 38.2 Å². The molecule has 0 nitrogen and oxygen atoms in total. The van der Waals surface area contributed by atoms with Crippen LogP contribution in [0.5, 0.6) is 0 Å². The van der Waals surface area contributed by atoms with Crippen LogP contribution >= 0.6 is 0 Å². The molecule has 0 aliphatic carbocycles. The van der Waals surface area contributed by atoms with Gasteiger partial charge in [-0.05, 0) is 26.2 Å². The van der Waals surface area contributed by atoms with Crippen molar-refractivity contribution in [1.82, 2.24) is 0 Å². The molecule has 0 unspecified atom stereocenters. The van der Waals surface area contributed by atoms with Gasteiger partial charge in [-0.15, -0.1) is 0 Å². The van der Waals surface area contributed by atoms with Gasteiger partial charge in [-0.1, -0.05) is 31.2 Å². The minimum Gasteiger partial charge on any atom is -0.0885 e. The highest BCUT2D eigenvalue weighted by Gasteiger charge is 1.68. The Hall–Kier alpha value is -0.520. The van der Waals surface area contributed by atoms with Crippen LogP contribution in [0, 0.1) is 6.92 Å². The molecular weight excluding hydrogens is 108 g/mol. The summed E-state index contributed by atoms with van der Waals surface area (Å²) < 4.78 is 0. The van der Waals surface area contributed by atoms with Gasteiger partial charge in [0.2, 0.25) is 0 Å². The summed E-state index contributed by atoms with van der Waals surface area (Å²) in [6, 6.07) is 0. The van der Waals surface area contributed by atoms with Crippen LogP contribution in [0.2, 0.25) is 0 Å². The first kappa shape index (κ1) is 8.48. The smallest absolute Gasteiger partial charge is 0.0169 e. The van der Waals surface area contributed by atoms with Crippen LogP contribution in [-0.4, -0.2) is 0 Å². The standard InChI is InChI=1S/C9H15/c1-3-5-7-9-8-6-4-2/h5-8H,1,3-4,9H2,2H3. The maximum Gasteiger partial charge on any atom is -0.0169 e. The Labute approximate surface area is 58.3 Å². The normalized spacial score (nSPS) is 11.8. The quantitative estimate of drug-likeness (QED) is 0.504. The Morgan fingerprint density at radius 3 is 2.33 bits per heavy atom. The summed E-state index contributed by atoms with van der Waals surface area (Å²) in [5.74, 6) is 0. The van der Waals surface area contributed by atoms with E-state index in [1.807, 2.05) is 0 Å². The summed E-state index contributed by atoms with van der Waals surface area (Å²) in [5, 5.41) is 0. The predicted octanol–water partition coefficient (Wildman–Crippen LogP) is 3.12. The number of hydrogen-bond donors (Lipinski definition) is 0. The fraction of sp³-hybridized carbons (Fsp3) is 0.444. The lowest BCUT2D eigenvalue weighted by Gasteiger charge is -1.79. The van der Waals surface area contributed by atoms with Gasteiger partial charge >= 0.3 is 0 Å². The maximum absolute atomic E-state index is 3.69. The molecule has 0 heteroatoms. The van der Waals surface area contributed by atoms with Gasteiger partial charge in [0.1, 0.15) is 0 Å². The lowest BCUT2D eigenvalue weighted by Crippen LogP contribution is -1.58. The lowest BCUT2D eigenvalue weighted by atomic mass is 10.3. The molecule has 0 aromatic carbocycles. The van der Waals surface area contributed by atoms with E-state index in [-0.39, 0.29) is 0 Å². The highest BCUT2D eigenvalue weighted by molar-refractivity contribution is 4.92. The summed E-state index contributed by atoms with van der Waals surface area (Å²) in [6.45, 7) is 5.83. The highest BCUT2D eigenvalue weighted by Crippen LogP contribution is 1.89. The van der Waals surface area contributed by atoms with Gasteiger partial charge in [0.15, 0.2) is 0 Å². The SMILES string of the molecule is [CH2]CC=CCC=CCC. The van der Waals surface area contributed by atoms with E-state index in [0.29, 0.717) is 0 Å². The molecule has 0 saturated carbocycles. The second-order valence-electron chi connectivity index (χ2n) is 1.88. The second kappa shape index (κ2) is 7.48. The van der Waals surface area contributed by atoms with Crippen LogP contribution in [-0.2, 0) is 0 Å². The Morgan fingerprint density at radius 2 is 1.78 bits per heavy atom. The fourth-order valence-electron chi connectivity index (χ4n) is 0.556. The lowest BCUT2D eigenvalue weighted by molar-refractivity contribution is 1.19. The molecule has 1 radical (unpaired) electrons. The first-order valence-electron chi connectivity index (χ1n) is 3.51. The van der Waals surface area contributed by atoms with Gasteiger partial charge in [0.25, 0.3) is 0 Å². The van der Waals surface area contributed by atoms with Gasteiger partial charge in [0.05, 0.1) is 0 Å². The van der Waals surface area contributed by atoms with E-state index in [9.17, 15) is 0 Å². The summed E-state index contributed by atoms with van der Waals surface area (Å²) in [7, 11) is 0. The van der Waals surface area contributed by atoms with Crippen LogP contribution in [0.15, 0.2) is 24.3 Å². The molecule has 0 rings (SSSR count). The van der Waals surface area contributed by atoms with E-state index < -0.39 is 0 Å². The average Bonchev–Trinajstić information content (AvgIpc) is 1.89. The number of hydrogen-bond acceptors (Lipinski definition) is 0. The van der Waals surface area contributed by atoms with E-state index in [1.165, 1.54) is 0 Å². The van der Waals surface area contributed by atoms with Crippen molar-refractivity contribution in [2.45, 2.75) is 26.2 Å². The molecule has 0 N–H and O–H groups in total. The zero-order valence-corrected chi connectivity index (χ0v) is 6.14. The second-order valence-corrected chi connectivity index (χ2v) is 1.88. The Bertz CT molecular complexity index is 76.2. The van der Waals surface area contributed by atoms with Crippen molar-refractivity contribution in [2.75, 3.05) is 0 Å². The molecule has 0 saturated heterocycles. The third-order valence-electron chi connectivity index (χ3n) is 1.01. The van der Waals surface area contributed by atoms with E-state index >= 15 is 0 Å². The molecular formula is C9H15. The summed E-state index contributed by atoms with van der Waals surface area (Å²) in [5.41, 5.74) is 0. The maximum atomic E-state index is 3.69.